The number of hydrogen-bond donors (Lipinski definition) is 1. The van der Waals surface area contributed by atoms with Crippen molar-refractivity contribution in [2.24, 2.45) is 0 Å². The summed E-state index contributed by atoms with van der Waals surface area (Å²) in [4.78, 5) is 10.5. The van der Waals surface area contributed by atoms with Crippen LogP contribution in [0.5, 0.6) is 0 Å². The van der Waals surface area contributed by atoms with Gasteiger partial charge in [0.1, 0.15) is 0 Å². The summed E-state index contributed by atoms with van der Waals surface area (Å²) >= 11 is 0. The van der Waals surface area contributed by atoms with Crippen LogP contribution < -0.4 is 0 Å². The molecule has 0 unspecified atom stereocenters. The molecule has 0 aromatic heterocycles. The number of carbonyl (C=O) groups is 1. The first kappa shape index (κ1) is 10.7. The minimum absolute atomic E-state index is 0.347. The minimum atomic E-state index is -0.932. The van der Waals surface area contributed by atoms with E-state index in [0.29, 0.717) is 6.61 Å². The van der Waals surface area contributed by atoms with Gasteiger partial charge in [0.2, 0.25) is 0 Å². The highest BCUT2D eigenvalue weighted by Gasteiger charge is 2.10. The molecule has 3 heteroatoms. The van der Waals surface area contributed by atoms with Crippen LogP contribution in [0.15, 0.2) is 24.3 Å². The topological polar surface area (TPSA) is 46.5 Å². The predicted octanol–water partition coefficient (Wildman–Crippen LogP) is 1.98. The van der Waals surface area contributed by atoms with Gasteiger partial charge in [0.05, 0.1) is 6.61 Å². The van der Waals surface area contributed by atoms with Crippen LogP contribution >= 0.6 is 0 Å². The van der Waals surface area contributed by atoms with Gasteiger partial charge in [-0.1, -0.05) is 24.3 Å². The molecule has 0 aliphatic carbocycles. The lowest BCUT2D eigenvalue weighted by Crippen LogP contribution is -2.19. The standard InChI is InChI=1S/C11H14O3/c1-8-5-3-4-6-10(8)7-14-9(2)11(12)13/h3-6,9H,7H2,1-2H3,(H,12,13)/t9-/m1/s1. The molecule has 14 heavy (non-hydrogen) atoms. The van der Waals surface area contributed by atoms with E-state index < -0.39 is 12.1 Å². The molecule has 0 aliphatic heterocycles. The highest BCUT2D eigenvalue weighted by molar-refractivity contribution is 5.71. The third-order valence-corrected chi connectivity index (χ3v) is 2.10. The Balaban J connectivity index is 2.54. The molecule has 0 spiro atoms. The molecule has 0 saturated heterocycles. The highest BCUT2D eigenvalue weighted by atomic mass is 16.5. The predicted molar refractivity (Wildman–Crippen MR) is 53.1 cm³/mol. The van der Waals surface area contributed by atoms with E-state index in [2.05, 4.69) is 0 Å². The van der Waals surface area contributed by atoms with Crippen LogP contribution in [0.1, 0.15) is 18.1 Å². The largest absolute Gasteiger partial charge is 0.479 e. The van der Waals surface area contributed by atoms with Crippen LogP contribution in [0, 0.1) is 6.92 Å². The van der Waals surface area contributed by atoms with Gasteiger partial charge in [-0.05, 0) is 25.0 Å². The smallest absolute Gasteiger partial charge is 0.332 e. The average molecular weight is 194 g/mol. The summed E-state index contributed by atoms with van der Waals surface area (Å²) in [6, 6.07) is 7.77. The average Bonchev–Trinajstić information content (AvgIpc) is 2.16. The lowest BCUT2D eigenvalue weighted by atomic mass is 10.1. The summed E-state index contributed by atoms with van der Waals surface area (Å²) in [7, 11) is 0. The first-order valence-corrected chi connectivity index (χ1v) is 4.50. The fraction of sp³-hybridized carbons (Fsp3) is 0.364. The number of carboxylic acids is 1. The van der Waals surface area contributed by atoms with E-state index in [-0.39, 0.29) is 0 Å². The zero-order valence-electron chi connectivity index (χ0n) is 8.36. The fourth-order valence-electron chi connectivity index (χ4n) is 1.06. The van der Waals surface area contributed by atoms with Crippen LogP contribution in [-0.2, 0) is 16.1 Å². The number of rotatable bonds is 4. The van der Waals surface area contributed by atoms with Gasteiger partial charge in [-0.15, -0.1) is 0 Å². The third kappa shape index (κ3) is 2.85. The Labute approximate surface area is 83.3 Å². The van der Waals surface area contributed by atoms with Crippen LogP contribution in [0.4, 0.5) is 0 Å². The van der Waals surface area contributed by atoms with E-state index >= 15 is 0 Å². The normalized spacial score (nSPS) is 12.4. The van der Waals surface area contributed by atoms with Crippen molar-refractivity contribution >= 4 is 5.97 Å². The Kier molecular flexibility index (Phi) is 3.65. The number of ether oxygens (including phenoxy) is 1. The Morgan fingerprint density at radius 2 is 2.14 bits per heavy atom. The van der Waals surface area contributed by atoms with Crippen molar-refractivity contribution in [3.8, 4) is 0 Å². The van der Waals surface area contributed by atoms with Crippen molar-refractivity contribution in [1.29, 1.82) is 0 Å². The van der Waals surface area contributed by atoms with Gasteiger partial charge in [-0.25, -0.2) is 4.79 Å². The van der Waals surface area contributed by atoms with Crippen LogP contribution in [-0.4, -0.2) is 17.2 Å². The van der Waals surface area contributed by atoms with Crippen LogP contribution in [0.3, 0.4) is 0 Å². The molecule has 1 atom stereocenters. The molecule has 1 N–H and O–H groups in total. The van der Waals surface area contributed by atoms with E-state index in [0.717, 1.165) is 11.1 Å². The summed E-state index contributed by atoms with van der Waals surface area (Å²) in [6.07, 6.45) is -0.755. The van der Waals surface area contributed by atoms with Gasteiger partial charge in [0, 0.05) is 0 Å². The summed E-state index contributed by atoms with van der Waals surface area (Å²) in [5.74, 6) is -0.932. The Morgan fingerprint density at radius 3 is 2.71 bits per heavy atom. The van der Waals surface area contributed by atoms with Crippen molar-refractivity contribution in [3.05, 3.63) is 35.4 Å². The second kappa shape index (κ2) is 4.77. The maximum Gasteiger partial charge on any atom is 0.332 e. The number of aryl methyl sites for hydroxylation is 1. The molecule has 0 fully saturated rings. The number of hydrogen-bond acceptors (Lipinski definition) is 2. The van der Waals surface area contributed by atoms with E-state index in [4.69, 9.17) is 9.84 Å². The molecule has 0 aliphatic rings. The molecular formula is C11H14O3. The Morgan fingerprint density at radius 1 is 1.50 bits per heavy atom. The molecule has 1 rings (SSSR count). The molecule has 0 heterocycles. The summed E-state index contributed by atoms with van der Waals surface area (Å²) in [5, 5.41) is 8.60. The SMILES string of the molecule is Cc1ccccc1CO[C@H](C)C(=O)O. The van der Waals surface area contributed by atoms with Gasteiger partial charge < -0.3 is 9.84 Å². The maximum atomic E-state index is 10.5. The maximum absolute atomic E-state index is 10.5. The van der Waals surface area contributed by atoms with Crippen LogP contribution in [0.25, 0.3) is 0 Å². The van der Waals surface area contributed by atoms with E-state index in [9.17, 15) is 4.79 Å². The van der Waals surface area contributed by atoms with Crippen LogP contribution in [0.2, 0.25) is 0 Å². The highest BCUT2D eigenvalue weighted by Crippen LogP contribution is 2.09. The van der Waals surface area contributed by atoms with Gasteiger partial charge in [0.15, 0.2) is 6.10 Å². The Hall–Kier alpha value is -1.35. The quantitative estimate of drug-likeness (QED) is 0.797. The molecule has 0 bridgehead atoms. The fourth-order valence-corrected chi connectivity index (χ4v) is 1.06. The molecule has 1 aromatic rings. The van der Waals surface area contributed by atoms with Crippen molar-refractivity contribution in [2.75, 3.05) is 0 Å². The first-order valence-electron chi connectivity index (χ1n) is 4.50. The molecule has 76 valence electrons. The molecule has 0 radical (unpaired) electrons. The lowest BCUT2D eigenvalue weighted by Gasteiger charge is -2.09. The molecule has 3 nitrogen and oxygen atoms in total. The van der Waals surface area contributed by atoms with Crippen molar-refractivity contribution in [1.82, 2.24) is 0 Å². The molecule has 1 aromatic carbocycles. The van der Waals surface area contributed by atoms with E-state index in [1.807, 2.05) is 31.2 Å². The second-order valence-electron chi connectivity index (χ2n) is 3.22. The molecule has 0 amide bonds. The monoisotopic (exact) mass is 194 g/mol. The number of carboxylic acid groups (broad SMARTS) is 1. The zero-order chi connectivity index (χ0) is 10.6. The second-order valence-corrected chi connectivity index (χ2v) is 3.22. The van der Waals surface area contributed by atoms with Crippen molar-refractivity contribution < 1.29 is 14.6 Å². The summed E-state index contributed by atoms with van der Waals surface area (Å²) in [5.41, 5.74) is 2.14. The van der Waals surface area contributed by atoms with Crippen molar-refractivity contribution in [2.45, 2.75) is 26.6 Å². The van der Waals surface area contributed by atoms with E-state index in [1.165, 1.54) is 6.92 Å². The Bertz CT molecular complexity index is 320. The van der Waals surface area contributed by atoms with Gasteiger partial charge >= 0.3 is 5.97 Å². The summed E-state index contributed by atoms with van der Waals surface area (Å²) in [6.45, 7) is 3.85. The number of aliphatic carboxylic acids is 1. The third-order valence-electron chi connectivity index (χ3n) is 2.10. The molecular weight excluding hydrogens is 180 g/mol. The van der Waals surface area contributed by atoms with Gasteiger partial charge in [-0.3, -0.25) is 0 Å². The number of benzene rings is 1. The minimum Gasteiger partial charge on any atom is -0.479 e. The summed E-state index contributed by atoms with van der Waals surface area (Å²) < 4.78 is 5.17. The first-order chi connectivity index (χ1) is 6.61. The lowest BCUT2D eigenvalue weighted by molar-refractivity contribution is -0.149. The molecule has 0 saturated carbocycles. The zero-order valence-corrected chi connectivity index (χ0v) is 8.36. The van der Waals surface area contributed by atoms with Crippen molar-refractivity contribution in [3.63, 3.8) is 0 Å². The van der Waals surface area contributed by atoms with Gasteiger partial charge in [-0.2, -0.15) is 0 Å². The van der Waals surface area contributed by atoms with E-state index in [1.54, 1.807) is 0 Å². The van der Waals surface area contributed by atoms with Gasteiger partial charge in [0.25, 0.3) is 0 Å².